The molecule has 0 bridgehead atoms. The summed E-state index contributed by atoms with van der Waals surface area (Å²) in [4.78, 5) is 23.9. The quantitative estimate of drug-likeness (QED) is 0.439. The number of aromatic nitrogens is 2. The van der Waals surface area contributed by atoms with Gasteiger partial charge in [-0.15, -0.1) is 0 Å². The molecule has 5 rings (SSSR count). The number of nitrogens with one attached hydrogen (secondary N) is 1. The number of aryl methyl sites for hydroxylation is 1. The van der Waals surface area contributed by atoms with Crippen LogP contribution in [0.15, 0.2) is 79.4 Å². The predicted molar refractivity (Wildman–Crippen MR) is 138 cm³/mol. The molecule has 1 aliphatic rings. The fourth-order valence-corrected chi connectivity index (χ4v) is 4.68. The number of hydrogen-bond acceptors (Lipinski definition) is 5. The molecular formula is C29H30N4O2. The van der Waals surface area contributed by atoms with Crippen LogP contribution in [-0.2, 0) is 17.7 Å². The summed E-state index contributed by atoms with van der Waals surface area (Å²) in [5.74, 6) is 0.269. The topological polar surface area (TPSA) is 67.4 Å². The molecule has 3 heterocycles. The number of pyridine rings is 2. The lowest BCUT2D eigenvalue weighted by atomic mass is 9.95. The molecule has 1 saturated heterocycles. The first-order valence-electron chi connectivity index (χ1n) is 12.1. The molecule has 1 aliphatic heterocycles. The fraction of sp³-hybridized carbons (Fsp3) is 0.276. The molecule has 1 atom stereocenters. The predicted octanol–water partition coefficient (Wildman–Crippen LogP) is 4.88. The van der Waals surface area contributed by atoms with Crippen molar-refractivity contribution in [2.45, 2.75) is 19.9 Å². The summed E-state index contributed by atoms with van der Waals surface area (Å²) in [7, 11) is 0. The first-order chi connectivity index (χ1) is 17.2. The molecule has 1 N–H and O–H groups in total. The van der Waals surface area contributed by atoms with Crippen LogP contribution in [0.4, 0.5) is 5.69 Å². The van der Waals surface area contributed by atoms with Crippen molar-refractivity contribution in [3.05, 3.63) is 102 Å². The Bertz CT molecular complexity index is 1300. The molecule has 0 spiro atoms. The number of fused-ring (bicyclic) bond motifs is 1. The van der Waals surface area contributed by atoms with Gasteiger partial charge in [-0.2, -0.15) is 0 Å². The molecule has 6 heteroatoms. The third-order valence-electron chi connectivity index (χ3n) is 6.60. The Hall–Kier alpha value is -3.77. The van der Waals surface area contributed by atoms with Crippen LogP contribution >= 0.6 is 0 Å². The van der Waals surface area contributed by atoms with Gasteiger partial charge in [0.1, 0.15) is 0 Å². The Morgan fingerprint density at radius 3 is 2.89 bits per heavy atom. The summed E-state index contributed by atoms with van der Waals surface area (Å²) < 4.78 is 5.91. The molecule has 2 aromatic carbocycles. The van der Waals surface area contributed by atoms with Crippen LogP contribution in [0, 0.1) is 12.8 Å². The third kappa shape index (κ3) is 5.49. The van der Waals surface area contributed by atoms with Gasteiger partial charge < -0.3 is 15.0 Å². The Morgan fingerprint density at radius 1 is 1.09 bits per heavy atom. The molecule has 0 saturated carbocycles. The summed E-state index contributed by atoms with van der Waals surface area (Å²) in [6.45, 7) is 5.17. The van der Waals surface area contributed by atoms with Crippen LogP contribution in [0.3, 0.4) is 0 Å². The number of nitrogens with zero attached hydrogens (tertiary/aromatic N) is 3. The molecule has 1 fully saturated rings. The van der Waals surface area contributed by atoms with Crippen molar-refractivity contribution in [2.24, 2.45) is 5.92 Å². The molecule has 6 nitrogen and oxygen atoms in total. The van der Waals surface area contributed by atoms with Crippen molar-refractivity contribution < 1.29 is 9.53 Å². The highest BCUT2D eigenvalue weighted by molar-refractivity contribution is 5.95. The van der Waals surface area contributed by atoms with Crippen molar-refractivity contribution in [3.8, 4) is 0 Å². The Morgan fingerprint density at radius 2 is 2.00 bits per heavy atom. The first-order valence-corrected chi connectivity index (χ1v) is 12.1. The second-order valence-corrected chi connectivity index (χ2v) is 9.15. The van der Waals surface area contributed by atoms with Gasteiger partial charge in [0, 0.05) is 67.0 Å². The normalized spacial score (nSPS) is 16.1. The van der Waals surface area contributed by atoms with Gasteiger partial charge in [-0.25, -0.2) is 0 Å². The minimum atomic E-state index is 0.0458. The van der Waals surface area contributed by atoms with Crippen molar-refractivity contribution in [1.82, 2.24) is 14.9 Å². The van der Waals surface area contributed by atoms with Crippen LogP contribution in [-0.4, -0.2) is 47.1 Å². The number of anilines is 1. The number of rotatable bonds is 6. The molecule has 35 heavy (non-hydrogen) atoms. The van der Waals surface area contributed by atoms with E-state index in [2.05, 4.69) is 40.4 Å². The number of amides is 1. The van der Waals surface area contributed by atoms with E-state index >= 15 is 0 Å². The molecule has 1 amide bonds. The summed E-state index contributed by atoms with van der Waals surface area (Å²) in [6, 6.07) is 18.2. The highest BCUT2D eigenvalue weighted by atomic mass is 16.5. The number of ether oxygens (including phenoxy) is 1. The SMILES string of the molecule is Cc1ccc(C(=O)N2CCOC[C@H](Cc3cccc4ccncc34)C2)cc1NCc1cccnc1. The van der Waals surface area contributed by atoms with Crippen LogP contribution < -0.4 is 5.32 Å². The lowest BCUT2D eigenvalue weighted by Crippen LogP contribution is -2.36. The van der Waals surface area contributed by atoms with E-state index in [1.165, 1.54) is 16.3 Å². The van der Waals surface area contributed by atoms with E-state index in [4.69, 9.17) is 4.74 Å². The van der Waals surface area contributed by atoms with Gasteiger partial charge in [-0.1, -0.05) is 30.3 Å². The van der Waals surface area contributed by atoms with E-state index in [0.29, 0.717) is 38.4 Å². The van der Waals surface area contributed by atoms with Gasteiger partial charge in [0.25, 0.3) is 5.91 Å². The lowest BCUT2D eigenvalue weighted by Gasteiger charge is -2.24. The smallest absolute Gasteiger partial charge is 0.254 e. The van der Waals surface area contributed by atoms with Gasteiger partial charge in [0.2, 0.25) is 0 Å². The number of benzene rings is 2. The van der Waals surface area contributed by atoms with Gasteiger partial charge in [-0.05, 0) is 59.7 Å². The van der Waals surface area contributed by atoms with Crippen molar-refractivity contribution in [3.63, 3.8) is 0 Å². The fourth-order valence-electron chi connectivity index (χ4n) is 4.68. The number of carbonyl (C=O) groups is 1. The summed E-state index contributed by atoms with van der Waals surface area (Å²) >= 11 is 0. The zero-order chi connectivity index (χ0) is 24.0. The summed E-state index contributed by atoms with van der Waals surface area (Å²) in [5, 5.41) is 5.81. The van der Waals surface area contributed by atoms with Gasteiger partial charge >= 0.3 is 0 Å². The Labute approximate surface area is 206 Å². The van der Waals surface area contributed by atoms with Crippen LogP contribution in [0.25, 0.3) is 10.8 Å². The highest BCUT2D eigenvalue weighted by Gasteiger charge is 2.24. The molecular weight excluding hydrogens is 436 g/mol. The molecule has 178 valence electrons. The maximum atomic E-state index is 13.5. The van der Waals surface area contributed by atoms with Crippen molar-refractivity contribution in [2.75, 3.05) is 31.6 Å². The number of carbonyl (C=O) groups excluding carboxylic acids is 1. The highest BCUT2D eigenvalue weighted by Crippen LogP contribution is 2.24. The molecule has 4 aromatic rings. The summed E-state index contributed by atoms with van der Waals surface area (Å²) in [6.07, 6.45) is 8.21. The standard InChI is InChI=1S/C29H30N4O2/c1-21-7-8-26(15-28(21)32-17-22-4-3-10-30-16-22)29(34)33-12-13-35-20-23(19-33)14-25-6-2-5-24-9-11-31-18-27(24)25/h2-11,15-16,18,23,32H,12-14,17,19-20H2,1H3/t23-/m1/s1. The van der Waals surface area contributed by atoms with Gasteiger partial charge in [0.15, 0.2) is 0 Å². The second kappa shape index (κ2) is 10.7. The maximum absolute atomic E-state index is 13.5. The average Bonchev–Trinajstić information content (AvgIpc) is 3.14. The van der Waals surface area contributed by atoms with E-state index < -0.39 is 0 Å². The van der Waals surface area contributed by atoms with Crippen LogP contribution in [0.1, 0.15) is 27.0 Å². The molecule has 0 unspecified atom stereocenters. The van der Waals surface area contributed by atoms with E-state index in [1.54, 1.807) is 6.20 Å². The molecule has 0 radical (unpaired) electrons. The summed E-state index contributed by atoms with van der Waals surface area (Å²) in [5.41, 5.74) is 5.10. The van der Waals surface area contributed by atoms with Crippen molar-refractivity contribution in [1.29, 1.82) is 0 Å². The second-order valence-electron chi connectivity index (χ2n) is 9.15. The van der Waals surface area contributed by atoms with Crippen LogP contribution in [0.2, 0.25) is 0 Å². The van der Waals surface area contributed by atoms with Gasteiger partial charge in [-0.3, -0.25) is 14.8 Å². The zero-order valence-electron chi connectivity index (χ0n) is 20.0. The van der Waals surface area contributed by atoms with Crippen molar-refractivity contribution >= 4 is 22.4 Å². The molecule has 2 aromatic heterocycles. The van der Waals surface area contributed by atoms with E-state index in [9.17, 15) is 4.79 Å². The minimum absolute atomic E-state index is 0.0458. The van der Waals surface area contributed by atoms with Crippen LogP contribution in [0.5, 0.6) is 0 Å². The monoisotopic (exact) mass is 466 g/mol. The first kappa shape index (κ1) is 23.0. The zero-order valence-corrected chi connectivity index (χ0v) is 20.0. The third-order valence-corrected chi connectivity index (χ3v) is 6.60. The largest absolute Gasteiger partial charge is 0.381 e. The lowest BCUT2D eigenvalue weighted by molar-refractivity contribution is 0.0737. The van der Waals surface area contributed by atoms with E-state index in [-0.39, 0.29) is 11.8 Å². The number of hydrogen-bond donors (Lipinski definition) is 1. The molecule has 0 aliphatic carbocycles. The average molecular weight is 467 g/mol. The Kier molecular flexibility index (Phi) is 7.00. The van der Waals surface area contributed by atoms with E-state index in [0.717, 1.165) is 23.2 Å². The minimum Gasteiger partial charge on any atom is -0.381 e. The Balaban J connectivity index is 1.30. The van der Waals surface area contributed by atoms with E-state index in [1.807, 2.05) is 59.9 Å². The van der Waals surface area contributed by atoms with Gasteiger partial charge in [0.05, 0.1) is 13.2 Å². The maximum Gasteiger partial charge on any atom is 0.254 e.